The summed E-state index contributed by atoms with van der Waals surface area (Å²) in [4.78, 5) is 10.7. The Morgan fingerprint density at radius 1 is 1.62 bits per heavy atom. The van der Waals surface area contributed by atoms with E-state index in [9.17, 15) is 4.79 Å². The summed E-state index contributed by atoms with van der Waals surface area (Å²) < 4.78 is 0. The molecule has 46 valence electrons. The molecule has 1 N–H and O–H groups in total. The fourth-order valence-electron chi connectivity index (χ4n) is 1.02. The van der Waals surface area contributed by atoms with Gasteiger partial charge in [0, 0.05) is 5.92 Å². The van der Waals surface area contributed by atoms with Crippen LogP contribution >= 0.6 is 0 Å². The van der Waals surface area contributed by atoms with Crippen molar-refractivity contribution >= 4 is 5.78 Å². The molecule has 1 rings (SSSR count). The molecule has 0 aromatic heterocycles. The Balaban J connectivity index is 2.57. The van der Waals surface area contributed by atoms with Gasteiger partial charge in [-0.3, -0.25) is 4.79 Å². The molecule has 1 aliphatic rings. The highest BCUT2D eigenvalue weighted by Gasteiger charge is 2.28. The van der Waals surface area contributed by atoms with Gasteiger partial charge in [0.15, 0.2) is 5.78 Å². The van der Waals surface area contributed by atoms with Gasteiger partial charge in [-0.15, -0.1) is 0 Å². The monoisotopic (exact) mass is 114 g/mol. The molecule has 1 fully saturated rings. The van der Waals surface area contributed by atoms with E-state index in [1.54, 1.807) is 0 Å². The Hall–Kier alpha value is -0.370. The lowest BCUT2D eigenvalue weighted by molar-refractivity contribution is -0.126. The number of carbonyl (C=O) groups excluding carboxylic acids is 1. The van der Waals surface area contributed by atoms with Crippen molar-refractivity contribution in [3.63, 3.8) is 0 Å². The SMILES string of the molecule is C[C@@H]1CCC(O)C1=O. The lowest BCUT2D eigenvalue weighted by atomic mass is 10.1. The van der Waals surface area contributed by atoms with Gasteiger partial charge in [0.2, 0.25) is 0 Å². The van der Waals surface area contributed by atoms with Crippen LogP contribution in [0.1, 0.15) is 19.8 Å². The first-order chi connectivity index (χ1) is 3.72. The Bertz CT molecular complexity index is 97.1. The second-order valence-corrected chi connectivity index (χ2v) is 2.40. The van der Waals surface area contributed by atoms with Gasteiger partial charge in [0.1, 0.15) is 6.10 Å². The van der Waals surface area contributed by atoms with Crippen molar-refractivity contribution in [3.8, 4) is 0 Å². The van der Waals surface area contributed by atoms with Crippen LogP contribution in [-0.2, 0) is 4.79 Å². The van der Waals surface area contributed by atoms with Crippen LogP contribution in [0.4, 0.5) is 0 Å². The van der Waals surface area contributed by atoms with Crippen LogP contribution in [0.15, 0.2) is 0 Å². The first-order valence-corrected chi connectivity index (χ1v) is 2.93. The first-order valence-electron chi connectivity index (χ1n) is 2.93. The topological polar surface area (TPSA) is 37.3 Å². The van der Waals surface area contributed by atoms with Gasteiger partial charge < -0.3 is 5.11 Å². The van der Waals surface area contributed by atoms with E-state index in [0.717, 1.165) is 6.42 Å². The number of aliphatic hydroxyl groups excluding tert-OH is 1. The summed E-state index contributed by atoms with van der Waals surface area (Å²) in [6.45, 7) is 1.86. The van der Waals surface area contributed by atoms with E-state index in [2.05, 4.69) is 0 Å². The van der Waals surface area contributed by atoms with Gasteiger partial charge in [-0.25, -0.2) is 0 Å². The van der Waals surface area contributed by atoms with Crippen molar-refractivity contribution in [2.24, 2.45) is 5.92 Å². The van der Waals surface area contributed by atoms with Gasteiger partial charge in [-0.05, 0) is 12.8 Å². The van der Waals surface area contributed by atoms with Gasteiger partial charge in [-0.1, -0.05) is 6.92 Å². The highest BCUT2D eigenvalue weighted by Crippen LogP contribution is 2.20. The molecule has 0 amide bonds. The maximum Gasteiger partial charge on any atom is 0.164 e. The van der Waals surface area contributed by atoms with Crippen molar-refractivity contribution in [1.82, 2.24) is 0 Å². The predicted octanol–water partition coefficient (Wildman–Crippen LogP) is 0.346. The van der Waals surface area contributed by atoms with Gasteiger partial charge in [-0.2, -0.15) is 0 Å². The van der Waals surface area contributed by atoms with Crippen molar-refractivity contribution in [2.45, 2.75) is 25.9 Å². The number of hydrogen-bond donors (Lipinski definition) is 1. The lowest BCUT2D eigenvalue weighted by Crippen LogP contribution is -2.15. The summed E-state index contributed by atoms with van der Waals surface area (Å²) in [5.74, 6) is 0.120. The normalized spacial score (nSPS) is 38.5. The summed E-state index contributed by atoms with van der Waals surface area (Å²) in [5, 5.41) is 8.82. The third-order valence-electron chi connectivity index (χ3n) is 1.69. The van der Waals surface area contributed by atoms with Crippen LogP contribution < -0.4 is 0 Å². The van der Waals surface area contributed by atoms with Crippen molar-refractivity contribution in [1.29, 1.82) is 0 Å². The first kappa shape index (κ1) is 5.76. The van der Waals surface area contributed by atoms with E-state index in [0.29, 0.717) is 6.42 Å². The lowest BCUT2D eigenvalue weighted by Gasteiger charge is -1.96. The van der Waals surface area contributed by atoms with Crippen molar-refractivity contribution < 1.29 is 9.90 Å². The molecule has 0 aliphatic heterocycles. The van der Waals surface area contributed by atoms with Crippen LogP contribution in [0.25, 0.3) is 0 Å². The van der Waals surface area contributed by atoms with Gasteiger partial charge >= 0.3 is 0 Å². The highest BCUT2D eigenvalue weighted by atomic mass is 16.3. The maximum absolute atomic E-state index is 10.7. The number of carbonyl (C=O) groups is 1. The summed E-state index contributed by atoms with van der Waals surface area (Å²) >= 11 is 0. The predicted molar refractivity (Wildman–Crippen MR) is 29.4 cm³/mol. The molecule has 0 aromatic carbocycles. The second-order valence-electron chi connectivity index (χ2n) is 2.40. The summed E-state index contributed by atoms with van der Waals surface area (Å²) in [6, 6.07) is 0. The fraction of sp³-hybridized carbons (Fsp3) is 0.833. The van der Waals surface area contributed by atoms with E-state index in [1.807, 2.05) is 6.92 Å². The molecule has 8 heavy (non-hydrogen) atoms. The third kappa shape index (κ3) is 0.757. The minimum absolute atomic E-state index is 0.0185. The zero-order chi connectivity index (χ0) is 6.15. The Kier molecular flexibility index (Phi) is 1.34. The van der Waals surface area contributed by atoms with E-state index < -0.39 is 6.10 Å². The summed E-state index contributed by atoms with van der Waals surface area (Å²) in [5.41, 5.74) is 0. The largest absolute Gasteiger partial charge is 0.385 e. The molecule has 2 heteroatoms. The molecule has 0 aromatic rings. The number of hydrogen-bond acceptors (Lipinski definition) is 2. The van der Waals surface area contributed by atoms with Crippen LogP contribution in [0, 0.1) is 5.92 Å². The van der Waals surface area contributed by atoms with E-state index in [4.69, 9.17) is 5.11 Å². The third-order valence-corrected chi connectivity index (χ3v) is 1.69. The van der Waals surface area contributed by atoms with Crippen LogP contribution in [0.5, 0.6) is 0 Å². The van der Waals surface area contributed by atoms with Crippen LogP contribution in [0.3, 0.4) is 0 Å². The summed E-state index contributed by atoms with van der Waals surface area (Å²) in [7, 11) is 0. The van der Waals surface area contributed by atoms with Crippen LogP contribution in [-0.4, -0.2) is 17.0 Å². The minimum atomic E-state index is -0.648. The van der Waals surface area contributed by atoms with E-state index >= 15 is 0 Å². The average Bonchev–Trinajstić information content (AvgIpc) is 1.98. The summed E-state index contributed by atoms with van der Waals surface area (Å²) in [6.07, 6.45) is 0.880. The Morgan fingerprint density at radius 3 is 2.38 bits per heavy atom. The fourth-order valence-corrected chi connectivity index (χ4v) is 1.02. The van der Waals surface area contributed by atoms with Crippen LogP contribution in [0.2, 0.25) is 0 Å². The molecule has 1 unspecified atom stereocenters. The maximum atomic E-state index is 10.7. The molecule has 2 nitrogen and oxygen atoms in total. The van der Waals surface area contributed by atoms with E-state index in [-0.39, 0.29) is 11.7 Å². The number of aliphatic hydroxyl groups is 1. The molecule has 1 aliphatic carbocycles. The molecule has 0 heterocycles. The van der Waals surface area contributed by atoms with Gasteiger partial charge in [0.05, 0.1) is 0 Å². The smallest absolute Gasteiger partial charge is 0.164 e. The molecule has 0 spiro atoms. The molecule has 1 saturated carbocycles. The second kappa shape index (κ2) is 1.86. The zero-order valence-electron chi connectivity index (χ0n) is 4.92. The van der Waals surface area contributed by atoms with Crippen molar-refractivity contribution in [2.75, 3.05) is 0 Å². The molecule has 0 saturated heterocycles. The minimum Gasteiger partial charge on any atom is -0.385 e. The molecule has 0 bridgehead atoms. The quantitative estimate of drug-likeness (QED) is 0.493. The van der Waals surface area contributed by atoms with Gasteiger partial charge in [0.25, 0.3) is 0 Å². The number of rotatable bonds is 0. The standard InChI is InChI=1S/C6H10O2/c1-4-2-3-5(7)6(4)8/h4-5,7H,2-3H2,1H3/t4-,5?/m1/s1. The molecular formula is C6H10O2. The van der Waals surface area contributed by atoms with Crippen molar-refractivity contribution in [3.05, 3.63) is 0 Å². The zero-order valence-corrected chi connectivity index (χ0v) is 4.92. The van der Waals surface area contributed by atoms with E-state index in [1.165, 1.54) is 0 Å². The number of ketones is 1. The number of Topliss-reactive ketones (excluding diaryl/α,β-unsaturated/α-hetero) is 1. The molecular weight excluding hydrogens is 104 g/mol. The Labute approximate surface area is 48.5 Å². The Morgan fingerprint density at radius 2 is 2.25 bits per heavy atom. The molecule has 2 atom stereocenters. The average molecular weight is 114 g/mol. The highest BCUT2D eigenvalue weighted by molar-refractivity contribution is 5.86. The molecule has 0 radical (unpaired) electrons.